The summed E-state index contributed by atoms with van der Waals surface area (Å²) in [5.74, 6) is -1.03. The molecule has 1 aliphatic heterocycles. The normalized spacial score (nSPS) is 13.7. The molecule has 0 bridgehead atoms. The van der Waals surface area contributed by atoms with Crippen molar-refractivity contribution in [3.05, 3.63) is 100.0 Å². The van der Waals surface area contributed by atoms with Gasteiger partial charge in [-0.1, -0.05) is 48.0 Å². The van der Waals surface area contributed by atoms with Crippen molar-refractivity contribution in [2.75, 3.05) is 12.4 Å². The summed E-state index contributed by atoms with van der Waals surface area (Å²) in [6.45, 7) is 1.72. The fraction of sp³-hybridized carbons (Fsp3) is 0.120. The predicted molar refractivity (Wildman–Crippen MR) is 122 cm³/mol. The summed E-state index contributed by atoms with van der Waals surface area (Å²) in [7, 11) is 1.52. The first-order chi connectivity index (χ1) is 15.4. The van der Waals surface area contributed by atoms with Crippen molar-refractivity contribution in [1.29, 1.82) is 0 Å². The van der Waals surface area contributed by atoms with Crippen LogP contribution in [0.4, 0.5) is 10.1 Å². The number of benzene rings is 3. The Labute approximate surface area is 190 Å². The van der Waals surface area contributed by atoms with E-state index in [0.717, 1.165) is 10.5 Å². The number of carbonyl (C=O) groups excluding carboxylic acids is 2. The summed E-state index contributed by atoms with van der Waals surface area (Å²) in [5, 5.41) is 3.59. The van der Waals surface area contributed by atoms with E-state index in [4.69, 9.17) is 16.3 Å². The van der Waals surface area contributed by atoms with Crippen molar-refractivity contribution in [1.82, 2.24) is 4.90 Å². The van der Waals surface area contributed by atoms with Gasteiger partial charge in [-0.2, -0.15) is 0 Å². The van der Waals surface area contributed by atoms with Crippen LogP contribution in [0.25, 0.3) is 5.57 Å². The standard InChI is InChI=1S/C25H20ClFN2O3/c1-15-7-12-21(32-2)20(13-15)28-23-22(16-8-10-18(26)11-9-16)24(30)29(25(23)31)14-17-5-3-4-6-19(17)27/h3-13,28H,14H2,1-2H3. The lowest BCUT2D eigenvalue weighted by atomic mass is 10.0. The molecule has 0 aliphatic carbocycles. The molecule has 0 unspecified atom stereocenters. The summed E-state index contributed by atoms with van der Waals surface area (Å²) in [6, 6.07) is 18.2. The van der Waals surface area contributed by atoms with Crippen molar-refractivity contribution in [3.8, 4) is 5.75 Å². The molecule has 0 radical (unpaired) electrons. The second kappa shape index (κ2) is 8.85. The van der Waals surface area contributed by atoms with Gasteiger partial charge in [0.25, 0.3) is 11.8 Å². The Bertz CT molecular complexity index is 1240. The van der Waals surface area contributed by atoms with E-state index >= 15 is 0 Å². The van der Waals surface area contributed by atoms with Gasteiger partial charge in [-0.3, -0.25) is 14.5 Å². The van der Waals surface area contributed by atoms with Crippen LogP contribution in [0.1, 0.15) is 16.7 Å². The number of halogens is 2. The number of aryl methyl sites for hydroxylation is 1. The van der Waals surface area contributed by atoms with E-state index in [-0.39, 0.29) is 23.4 Å². The summed E-state index contributed by atoms with van der Waals surface area (Å²) in [5.41, 5.74) is 2.55. The van der Waals surface area contributed by atoms with Crippen LogP contribution in [-0.4, -0.2) is 23.8 Å². The Kier molecular flexibility index (Phi) is 5.97. The Balaban J connectivity index is 1.79. The van der Waals surface area contributed by atoms with E-state index in [1.807, 2.05) is 19.1 Å². The maximum atomic E-state index is 14.2. The van der Waals surface area contributed by atoms with E-state index in [1.54, 1.807) is 48.5 Å². The third kappa shape index (κ3) is 4.09. The molecule has 1 aliphatic rings. The number of nitrogens with zero attached hydrogens (tertiary/aromatic N) is 1. The Morgan fingerprint density at radius 2 is 1.72 bits per heavy atom. The van der Waals surface area contributed by atoms with E-state index in [2.05, 4.69) is 5.32 Å². The molecule has 162 valence electrons. The second-order valence-corrected chi connectivity index (χ2v) is 7.81. The number of carbonyl (C=O) groups is 2. The molecule has 32 heavy (non-hydrogen) atoms. The molecule has 7 heteroatoms. The number of hydrogen-bond acceptors (Lipinski definition) is 4. The van der Waals surface area contributed by atoms with Gasteiger partial charge in [0, 0.05) is 10.6 Å². The highest BCUT2D eigenvalue weighted by Gasteiger charge is 2.39. The molecular weight excluding hydrogens is 431 g/mol. The molecule has 0 spiro atoms. The third-order valence-electron chi connectivity index (χ3n) is 5.20. The molecule has 3 aromatic rings. The highest BCUT2D eigenvalue weighted by molar-refractivity contribution is 6.36. The summed E-state index contributed by atoms with van der Waals surface area (Å²) >= 11 is 6.01. The third-order valence-corrected chi connectivity index (χ3v) is 5.45. The number of methoxy groups -OCH3 is 1. The SMILES string of the molecule is COc1ccc(C)cc1NC1=C(c2ccc(Cl)cc2)C(=O)N(Cc2ccccc2F)C1=O. The van der Waals surface area contributed by atoms with Crippen molar-refractivity contribution in [3.63, 3.8) is 0 Å². The first-order valence-corrected chi connectivity index (χ1v) is 10.3. The zero-order chi connectivity index (χ0) is 22.8. The van der Waals surface area contributed by atoms with Gasteiger partial charge in [-0.15, -0.1) is 0 Å². The maximum absolute atomic E-state index is 14.2. The van der Waals surface area contributed by atoms with Crippen molar-refractivity contribution in [2.45, 2.75) is 13.5 Å². The molecule has 0 fully saturated rings. The lowest BCUT2D eigenvalue weighted by Crippen LogP contribution is -2.32. The van der Waals surface area contributed by atoms with Gasteiger partial charge in [0.1, 0.15) is 17.3 Å². The molecule has 4 rings (SSSR count). The van der Waals surface area contributed by atoms with Crippen LogP contribution in [0.5, 0.6) is 5.75 Å². The molecule has 0 saturated carbocycles. The van der Waals surface area contributed by atoms with Gasteiger partial charge < -0.3 is 10.1 Å². The van der Waals surface area contributed by atoms with Crippen LogP contribution >= 0.6 is 11.6 Å². The number of ether oxygens (including phenoxy) is 1. The Morgan fingerprint density at radius 1 is 1.00 bits per heavy atom. The Hall–Kier alpha value is -3.64. The van der Waals surface area contributed by atoms with Gasteiger partial charge in [-0.25, -0.2) is 4.39 Å². The van der Waals surface area contributed by atoms with Crippen LogP contribution in [0, 0.1) is 12.7 Å². The van der Waals surface area contributed by atoms with Crippen molar-refractivity contribution >= 4 is 34.7 Å². The molecule has 0 atom stereocenters. The van der Waals surface area contributed by atoms with E-state index in [9.17, 15) is 14.0 Å². The number of anilines is 1. The van der Waals surface area contributed by atoms with Crippen LogP contribution in [-0.2, 0) is 16.1 Å². The number of amides is 2. The number of rotatable bonds is 6. The lowest BCUT2D eigenvalue weighted by molar-refractivity contribution is -0.137. The van der Waals surface area contributed by atoms with Crippen molar-refractivity contribution in [2.24, 2.45) is 0 Å². The number of nitrogens with one attached hydrogen (secondary N) is 1. The molecule has 0 saturated heterocycles. The number of hydrogen-bond donors (Lipinski definition) is 1. The van der Waals surface area contributed by atoms with Gasteiger partial charge in [-0.05, 0) is 48.4 Å². The highest BCUT2D eigenvalue weighted by atomic mass is 35.5. The average molecular weight is 451 g/mol. The highest BCUT2D eigenvalue weighted by Crippen LogP contribution is 2.35. The van der Waals surface area contributed by atoms with Crippen LogP contribution in [0.3, 0.4) is 0 Å². The maximum Gasteiger partial charge on any atom is 0.278 e. The first-order valence-electron chi connectivity index (χ1n) is 9.90. The average Bonchev–Trinajstić information content (AvgIpc) is 3.00. The summed E-state index contributed by atoms with van der Waals surface area (Å²) < 4.78 is 19.6. The van der Waals surface area contributed by atoms with E-state index < -0.39 is 17.6 Å². The van der Waals surface area contributed by atoms with E-state index in [0.29, 0.717) is 22.0 Å². The molecule has 0 aromatic heterocycles. The van der Waals surface area contributed by atoms with Gasteiger partial charge in [0.2, 0.25) is 0 Å². The van der Waals surface area contributed by atoms with Crippen LogP contribution in [0.15, 0.2) is 72.4 Å². The van der Waals surface area contributed by atoms with E-state index in [1.165, 1.54) is 13.2 Å². The van der Waals surface area contributed by atoms with Gasteiger partial charge in [0.15, 0.2) is 0 Å². The predicted octanol–water partition coefficient (Wildman–Crippen LogP) is 5.19. The molecule has 2 amide bonds. The minimum Gasteiger partial charge on any atom is -0.495 e. The largest absolute Gasteiger partial charge is 0.495 e. The molecular formula is C25H20ClFN2O3. The fourth-order valence-electron chi connectivity index (χ4n) is 3.57. The summed E-state index contributed by atoms with van der Waals surface area (Å²) in [6.07, 6.45) is 0. The van der Waals surface area contributed by atoms with Gasteiger partial charge >= 0.3 is 0 Å². The zero-order valence-electron chi connectivity index (χ0n) is 17.5. The lowest BCUT2D eigenvalue weighted by Gasteiger charge is -2.16. The monoisotopic (exact) mass is 450 g/mol. The smallest absolute Gasteiger partial charge is 0.278 e. The number of imide groups is 1. The topological polar surface area (TPSA) is 58.6 Å². The minimum absolute atomic E-state index is 0.0950. The fourth-order valence-corrected chi connectivity index (χ4v) is 3.70. The Morgan fingerprint density at radius 3 is 2.41 bits per heavy atom. The van der Waals surface area contributed by atoms with Crippen molar-refractivity contribution < 1.29 is 18.7 Å². The second-order valence-electron chi connectivity index (χ2n) is 7.37. The van der Waals surface area contributed by atoms with Crippen LogP contribution < -0.4 is 10.1 Å². The quantitative estimate of drug-likeness (QED) is 0.525. The molecule has 3 aromatic carbocycles. The minimum atomic E-state index is -0.549. The van der Waals surface area contributed by atoms with Gasteiger partial charge in [0.05, 0.1) is 24.9 Å². The first kappa shape index (κ1) is 21.6. The van der Waals surface area contributed by atoms with Crippen LogP contribution in [0.2, 0.25) is 5.02 Å². The zero-order valence-corrected chi connectivity index (χ0v) is 18.2. The molecule has 5 nitrogen and oxygen atoms in total. The molecule has 1 N–H and O–H groups in total. The summed E-state index contributed by atoms with van der Waals surface area (Å²) in [4.78, 5) is 27.8. The molecule has 1 heterocycles.